The number of carbonyl (C=O) groups excluding carboxylic acids is 1. The first-order valence-electron chi connectivity index (χ1n) is 9.35. The summed E-state index contributed by atoms with van der Waals surface area (Å²) in [5, 5.41) is 3.94. The van der Waals surface area contributed by atoms with E-state index < -0.39 is 11.9 Å². The Kier molecular flexibility index (Phi) is 6.71. The van der Waals surface area contributed by atoms with Gasteiger partial charge in [-0.25, -0.2) is 9.37 Å². The summed E-state index contributed by atoms with van der Waals surface area (Å²) >= 11 is 3.32. The van der Waals surface area contributed by atoms with E-state index >= 15 is 0 Å². The van der Waals surface area contributed by atoms with E-state index in [1.807, 2.05) is 13.0 Å². The molecule has 0 saturated carbocycles. The molecule has 2 N–H and O–H groups in total. The van der Waals surface area contributed by atoms with Crippen LogP contribution in [0.15, 0.2) is 45.5 Å². The number of rotatable bonds is 7. The van der Waals surface area contributed by atoms with E-state index in [1.165, 1.54) is 23.1 Å². The zero-order valence-corrected chi connectivity index (χ0v) is 18.4. The highest BCUT2D eigenvalue weighted by Gasteiger charge is 2.23. The van der Waals surface area contributed by atoms with Gasteiger partial charge in [0.2, 0.25) is 0 Å². The molecule has 0 saturated heterocycles. The number of aromatic nitrogens is 2. The van der Waals surface area contributed by atoms with Crippen molar-refractivity contribution in [2.75, 3.05) is 12.8 Å². The van der Waals surface area contributed by atoms with Crippen LogP contribution in [0.1, 0.15) is 47.3 Å². The Hall–Kier alpha value is -2.94. The third kappa shape index (κ3) is 4.96. The summed E-state index contributed by atoms with van der Waals surface area (Å²) in [5.41, 5.74) is 7.41. The first kappa shape index (κ1) is 21.8. The highest BCUT2D eigenvalue weighted by Crippen LogP contribution is 2.30. The van der Waals surface area contributed by atoms with Crippen molar-refractivity contribution in [1.82, 2.24) is 15.0 Å². The Morgan fingerprint density at radius 3 is 2.83 bits per heavy atom. The molecule has 1 atom stereocenters. The van der Waals surface area contributed by atoms with E-state index in [4.69, 9.17) is 15.0 Å². The normalized spacial score (nSPS) is 11.9. The summed E-state index contributed by atoms with van der Waals surface area (Å²) in [4.78, 5) is 18.6. The molecular formula is C21H22BrFN4O3. The molecule has 0 bridgehead atoms. The summed E-state index contributed by atoms with van der Waals surface area (Å²) in [6, 6.07) is 7.46. The average Bonchev–Trinajstić information content (AvgIpc) is 3.17. The fourth-order valence-corrected chi connectivity index (χ4v) is 3.26. The second-order valence-electron chi connectivity index (χ2n) is 6.83. The molecule has 0 spiro atoms. The molecule has 2 aromatic heterocycles. The van der Waals surface area contributed by atoms with Crippen LogP contribution in [-0.2, 0) is 13.0 Å². The maximum atomic E-state index is 14.0. The molecule has 1 amide bonds. The lowest BCUT2D eigenvalue weighted by atomic mass is 10.0. The quantitative estimate of drug-likeness (QED) is 0.538. The van der Waals surface area contributed by atoms with E-state index in [9.17, 15) is 9.18 Å². The molecule has 2 heterocycles. The standard InChI is InChI=1S/C21H22BrFN4O3/c1-4-15-9-16(30-26-15)11-27(3)21(28)17-6-5-14(23)8-18(17)12(2)29-19-7-13(22)10-25-20(19)24/h5-10,12H,4,11H2,1-3H3,(H2,24,25)/t12-/m1/s1. The van der Waals surface area contributed by atoms with Crippen LogP contribution in [0, 0.1) is 5.82 Å². The maximum absolute atomic E-state index is 14.0. The van der Waals surface area contributed by atoms with Gasteiger partial charge in [-0.3, -0.25) is 4.79 Å². The van der Waals surface area contributed by atoms with Gasteiger partial charge in [0.1, 0.15) is 11.9 Å². The fourth-order valence-electron chi connectivity index (χ4n) is 2.95. The summed E-state index contributed by atoms with van der Waals surface area (Å²) in [6.45, 7) is 3.92. The number of pyridine rings is 1. The molecule has 0 aliphatic heterocycles. The molecule has 0 aliphatic carbocycles. The summed E-state index contributed by atoms with van der Waals surface area (Å²) < 4.78 is 25.8. The molecule has 0 fully saturated rings. The second kappa shape index (κ2) is 9.25. The molecule has 7 nitrogen and oxygen atoms in total. The first-order valence-corrected chi connectivity index (χ1v) is 10.1. The highest BCUT2D eigenvalue weighted by molar-refractivity contribution is 9.10. The monoisotopic (exact) mass is 476 g/mol. The second-order valence-corrected chi connectivity index (χ2v) is 7.74. The Labute approximate surface area is 182 Å². The molecular weight excluding hydrogens is 455 g/mol. The lowest BCUT2D eigenvalue weighted by molar-refractivity contribution is 0.0767. The Bertz CT molecular complexity index is 1060. The molecule has 9 heteroatoms. The van der Waals surface area contributed by atoms with Gasteiger partial charge in [-0.1, -0.05) is 12.1 Å². The van der Waals surface area contributed by atoms with Crippen molar-refractivity contribution >= 4 is 27.7 Å². The zero-order chi connectivity index (χ0) is 21.8. The third-order valence-electron chi connectivity index (χ3n) is 4.54. The third-order valence-corrected chi connectivity index (χ3v) is 4.98. The van der Waals surface area contributed by atoms with Gasteiger partial charge >= 0.3 is 0 Å². The molecule has 1 aromatic carbocycles. The lowest BCUT2D eigenvalue weighted by Crippen LogP contribution is -2.27. The van der Waals surface area contributed by atoms with Crippen LogP contribution in [-0.4, -0.2) is 28.0 Å². The van der Waals surface area contributed by atoms with E-state index in [0.717, 1.165) is 12.1 Å². The number of ether oxygens (including phenoxy) is 1. The van der Waals surface area contributed by atoms with E-state index in [-0.39, 0.29) is 18.3 Å². The zero-order valence-electron chi connectivity index (χ0n) is 16.9. The smallest absolute Gasteiger partial charge is 0.254 e. The van der Waals surface area contributed by atoms with Crippen molar-refractivity contribution in [2.24, 2.45) is 0 Å². The predicted molar refractivity (Wildman–Crippen MR) is 113 cm³/mol. The number of nitrogens with zero attached hydrogens (tertiary/aromatic N) is 3. The number of carbonyl (C=O) groups is 1. The van der Waals surface area contributed by atoms with Crippen molar-refractivity contribution < 1.29 is 18.4 Å². The van der Waals surface area contributed by atoms with Crippen LogP contribution in [0.3, 0.4) is 0 Å². The molecule has 0 unspecified atom stereocenters. The predicted octanol–water partition coefficient (Wildman–Crippen LogP) is 4.53. The number of benzene rings is 1. The fraction of sp³-hybridized carbons (Fsp3) is 0.286. The number of aryl methyl sites for hydroxylation is 1. The number of hydrogen-bond donors (Lipinski definition) is 1. The summed E-state index contributed by atoms with van der Waals surface area (Å²) in [5.74, 6) is 0.340. The number of nitrogens with two attached hydrogens (primary N) is 1. The van der Waals surface area contributed by atoms with Gasteiger partial charge in [0.25, 0.3) is 5.91 Å². The first-order chi connectivity index (χ1) is 14.3. The van der Waals surface area contributed by atoms with Gasteiger partial charge in [-0.2, -0.15) is 0 Å². The van der Waals surface area contributed by atoms with Crippen LogP contribution < -0.4 is 10.5 Å². The molecule has 30 heavy (non-hydrogen) atoms. The maximum Gasteiger partial charge on any atom is 0.254 e. The van der Waals surface area contributed by atoms with Gasteiger partial charge in [0.05, 0.1) is 12.2 Å². The molecule has 3 aromatic rings. The Morgan fingerprint density at radius 1 is 1.37 bits per heavy atom. The number of halogens is 2. The molecule has 158 valence electrons. The number of amides is 1. The minimum Gasteiger partial charge on any atom is -0.482 e. The SMILES string of the molecule is CCc1cc(CN(C)C(=O)c2ccc(F)cc2[C@@H](C)Oc2cc(Br)cnc2N)on1. The van der Waals surface area contributed by atoms with E-state index in [2.05, 4.69) is 26.1 Å². The van der Waals surface area contributed by atoms with Crippen LogP contribution in [0.2, 0.25) is 0 Å². The van der Waals surface area contributed by atoms with Crippen molar-refractivity contribution in [3.63, 3.8) is 0 Å². The largest absolute Gasteiger partial charge is 0.482 e. The van der Waals surface area contributed by atoms with Gasteiger partial charge < -0.3 is 19.9 Å². The van der Waals surface area contributed by atoms with Crippen LogP contribution in [0.4, 0.5) is 10.2 Å². The number of hydrogen-bond acceptors (Lipinski definition) is 6. The van der Waals surface area contributed by atoms with E-state index in [0.29, 0.717) is 27.1 Å². The minimum absolute atomic E-state index is 0.198. The molecule has 3 rings (SSSR count). The van der Waals surface area contributed by atoms with Crippen molar-refractivity contribution in [3.05, 3.63) is 69.4 Å². The van der Waals surface area contributed by atoms with Crippen molar-refractivity contribution in [3.8, 4) is 5.75 Å². The summed E-state index contributed by atoms with van der Waals surface area (Å²) in [6.07, 6.45) is 1.64. The summed E-state index contributed by atoms with van der Waals surface area (Å²) in [7, 11) is 1.64. The van der Waals surface area contributed by atoms with Gasteiger partial charge in [-0.15, -0.1) is 0 Å². The Balaban J connectivity index is 1.84. The highest BCUT2D eigenvalue weighted by atomic mass is 79.9. The molecule has 0 aliphatic rings. The van der Waals surface area contributed by atoms with Gasteiger partial charge in [0.15, 0.2) is 17.3 Å². The van der Waals surface area contributed by atoms with Crippen molar-refractivity contribution in [1.29, 1.82) is 0 Å². The van der Waals surface area contributed by atoms with Gasteiger partial charge in [-0.05, 0) is 53.5 Å². The van der Waals surface area contributed by atoms with E-state index in [1.54, 1.807) is 26.2 Å². The average molecular weight is 477 g/mol. The lowest BCUT2D eigenvalue weighted by Gasteiger charge is -2.22. The van der Waals surface area contributed by atoms with Crippen molar-refractivity contribution in [2.45, 2.75) is 32.9 Å². The topological polar surface area (TPSA) is 94.5 Å². The number of nitrogen functional groups attached to an aromatic ring is 1. The van der Waals surface area contributed by atoms with Crippen LogP contribution in [0.25, 0.3) is 0 Å². The van der Waals surface area contributed by atoms with Gasteiger partial charge in [0, 0.05) is 34.9 Å². The number of anilines is 1. The van der Waals surface area contributed by atoms with Crippen LogP contribution >= 0.6 is 15.9 Å². The van der Waals surface area contributed by atoms with Crippen LogP contribution in [0.5, 0.6) is 5.75 Å². The Morgan fingerprint density at radius 2 is 2.13 bits per heavy atom. The molecule has 0 radical (unpaired) electrons. The minimum atomic E-state index is -0.650.